The molecular weight excluding hydrogens is 261 g/mol. The normalized spacial score (nSPS) is 12.7. The Morgan fingerprint density at radius 2 is 2.16 bits per heavy atom. The predicted octanol–water partition coefficient (Wildman–Crippen LogP) is 3.30. The largest absolute Gasteiger partial charge is 0.313 e. The van der Waals surface area contributed by atoms with Gasteiger partial charge in [0, 0.05) is 13.1 Å². The molecule has 0 spiro atoms. The van der Waals surface area contributed by atoms with Crippen molar-refractivity contribution in [2.75, 3.05) is 7.05 Å². The summed E-state index contributed by atoms with van der Waals surface area (Å²) < 4.78 is 15.9. The molecule has 1 aromatic carbocycles. The highest BCUT2D eigenvalue weighted by atomic mass is 32.2. The summed E-state index contributed by atoms with van der Waals surface area (Å²) in [5.74, 6) is -0.191. The molecule has 1 atom stereocenters. The molecule has 0 aliphatic carbocycles. The maximum atomic E-state index is 14.1. The SMILES string of the molecule is CNC(C)c1cccc(F)c1Sc1cc(C)nn1C. The summed E-state index contributed by atoms with van der Waals surface area (Å²) in [4.78, 5) is 0.660. The number of benzene rings is 1. The monoisotopic (exact) mass is 279 g/mol. The third kappa shape index (κ3) is 2.98. The maximum Gasteiger partial charge on any atom is 0.137 e. The quantitative estimate of drug-likeness (QED) is 0.931. The van der Waals surface area contributed by atoms with Gasteiger partial charge in [-0.15, -0.1) is 0 Å². The van der Waals surface area contributed by atoms with Crippen molar-refractivity contribution < 1.29 is 4.39 Å². The van der Waals surface area contributed by atoms with Crippen molar-refractivity contribution >= 4 is 11.8 Å². The average molecular weight is 279 g/mol. The van der Waals surface area contributed by atoms with Gasteiger partial charge >= 0.3 is 0 Å². The Bertz CT molecular complexity index is 580. The smallest absolute Gasteiger partial charge is 0.137 e. The Labute approximate surface area is 117 Å². The van der Waals surface area contributed by atoms with Gasteiger partial charge in [-0.25, -0.2) is 4.39 Å². The first-order valence-corrected chi connectivity index (χ1v) is 6.98. The van der Waals surface area contributed by atoms with E-state index in [1.807, 2.05) is 40.1 Å². The van der Waals surface area contributed by atoms with Crippen molar-refractivity contribution in [1.82, 2.24) is 15.1 Å². The molecule has 5 heteroatoms. The topological polar surface area (TPSA) is 29.9 Å². The van der Waals surface area contributed by atoms with E-state index in [4.69, 9.17) is 0 Å². The molecule has 0 saturated heterocycles. The van der Waals surface area contributed by atoms with E-state index >= 15 is 0 Å². The molecule has 1 heterocycles. The van der Waals surface area contributed by atoms with Crippen molar-refractivity contribution in [3.8, 4) is 0 Å². The lowest BCUT2D eigenvalue weighted by molar-refractivity contribution is 0.575. The third-order valence-electron chi connectivity index (χ3n) is 3.06. The zero-order valence-corrected chi connectivity index (χ0v) is 12.4. The average Bonchev–Trinajstić information content (AvgIpc) is 2.69. The van der Waals surface area contributed by atoms with Gasteiger partial charge in [-0.2, -0.15) is 5.10 Å². The predicted molar refractivity (Wildman–Crippen MR) is 75.9 cm³/mol. The first-order chi connectivity index (χ1) is 9.02. The Morgan fingerprint density at radius 3 is 2.74 bits per heavy atom. The summed E-state index contributed by atoms with van der Waals surface area (Å²) in [6.07, 6.45) is 0. The second-order valence-electron chi connectivity index (χ2n) is 4.52. The number of aryl methyl sites for hydroxylation is 2. The number of aromatic nitrogens is 2. The summed E-state index contributed by atoms with van der Waals surface area (Å²) in [5.41, 5.74) is 1.90. The van der Waals surface area contributed by atoms with Gasteiger partial charge < -0.3 is 5.32 Å². The van der Waals surface area contributed by atoms with Gasteiger partial charge in [0.1, 0.15) is 5.82 Å². The van der Waals surface area contributed by atoms with Crippen LogP contribution >= 0.6 is 11.8 Å². The molecule has 0 aliphatic rings. The Morgan fingerprint density at radius 1 is 1.42 bits per heavy atom. The van der Waals surface area contributed by atoms with Crippen LogP contribution in [0.2, 0.25) is 0 Å². The molecule has 1 unspecified atom stereocenters. The molecule has 19 heavy (non-hydrogen) atoms. The molecular formula is C14H18FN3S. The van der Waals surface area contributed by atoms with Crippen LogP contribution in [0.1, 0.15) is 24.2 Å². The first kappa shape index (κ1) is 14.1. The number of nitrogens with zero attached hydrogens (tertiary/aromatic N) is 2. The van der Waals surface area contributed by atoms with Gasteiger partial charge in [0.05, 0.1) is 15.6 Å². The third-order valence-corrected chi connectivity index (χ3v) is 4.29. The van der Waals surface area contributed by atoms with Crippen molar-refractivity contribution in [1.29, 1.82) is 0 Å². The summed E-state index contributed by atoms with van der Waals surface area (Å²) in [6.45, 7) is 3.95. The Hall–Kier alpha value is -1.33. The van der Waals surface area contributed by atoms with Gasteiger partial charge in [-0.05, 0) is 38.6 Å². The van der Waals surface area contributed by atoms with Gasteiger partial charge in [0.15, 0.2) is 0 Å². The van der Waals surface area contributed by atoms with Crippen LogP contribution in [0, 0.1) is 12.7 Å². The molecule has 0 radical (unpaired) electrons. The Balaban J connectivity index is 2.41. The van der Waals surface area contributed by atoms with Crippen molar-refractivity contribution in [3.05, 3.63) is 41.3 Å². The minimum atomic E-state index is -0.191. The number of halogens is 1. The van der Waals surface area contributed by atoms with Gasteiger partial charge in [-0.1, -0.05) is 23.9 Å². The van der Waals surface area contributed by atoms with E-state index in [-0.39, 0.29) is 11.9 Å². The number of nitrogens with one attached hydrogen (secondary N) is 1. The molecule has 2 rings (SSSR count). The van der Waals surface area contributed by atoms with Crippen molar-refractivity contribution in [2.24, 2.45) is 7.05 Å². The minimum absolute atomic E-state index is 0.104. The lowest BCUT2D eigenvalue weighted by Gasteiger charge is -2.16. The second kappa shape index (κ2) is 5.75. The summed E-state index contributed by atoms with van der Waals surface area (Å²) >= 11 is 1.42. The van der Waals surface area contributed by atoms with Crippen LogP contribution < -0.4 is 5.32 Å². The van der Waals surface area contributed by atoms with E-state index in [9.17, 15) is 4.39 Å². The summed E-state index contributed by atoms with van der Waals surface area (Å²) in [6, 6.07) is 7.27. The van der Waals surface area contributed by atoms with Crippen molar-refractivity contribution in [2.45, 2.75) is 29.8 Å². The highest BCUT2D eigenvalue weighted by Crippen LogP contribution is 2.35. The molecule has 3 nitrogen and oxygen atoms in total. The molecule has 102 valence electrons. The standard InChI is InChI=1S/C14H18FN3S/c1-9-8-13(18(4)17-9)19-14-11(10(2)16-3)6-5-7-12(14)15/h5-8,10,16H,1-4H3. The van der Waals surface area contributed by atoms with Gasteiger partial charge in [0.25, 0.3) is 0 Å². The summed E-state index contributed by atoms with van der Waals surface area (Å²) in [7, 11) is 3.75. The van der Waals surface area contributed by atoms with Crippen LogP contribution in [-0.4, -0.2) is 16.8 Å². The lowest BCUT2D eigenvalue weighted by atomic mass is 10.1. The van der Waals surface area contributed by atoms with Crippen LogP contribution in [0.25, 0.3) is 0 Å². The first-order valence-electron chi connectivity index (χ1n) is 6.17. The zero-order chi connectivity index (χ0) is 14.0. The zero-order valence-electron chi connectivity index (χ0n) is 11.6. The highest BCUT2D eigenvalue weighted by Gasteiger charge is 2.16. The summed E-state index contributed by atoms with van der Waals surface area (Å²) in [5, 5.41) is 8.38. The van der Waals surface area contributed by atoms with E-state index in [2.05, 4.69) is 10.4 Å². The van der Waals surface area contributed by atoms with E-state index in [0.29, 0.717) is 4.90 Å². The molecule has 0 amide bonds. The molecule has 1 aromatic heterocycles. The van der Waals surface area contributed by atoms with Crippen LogP contribution in [-0.2, 0) is 7.05 Å². The number of hydrogen-bond donors (Lipinski definition) is 1. The molecule has 2 aromatic rings. The molecule has 0 bridgehead atoms. The molecule has 0 fully saturated rings. The molecule has 0 aliphatic heterocycles. The fourth-order valence-corrected chi connectivity index (χ4v) is 3.06. The van der Waals surface area contributed by atoms with E-state index in [1.54, 1.807) is 10.7 Å². The van der Waals surface area contributed by atoms with Crippen LogP contribution in [0.5, 0.6) is 0 Å². The maximum absolute atomic E-state index is 14.1. The number of rotatable bonds is 4. The van der Waals surface area contributed by atoms with Crippen molar-refractivity contribution in [3.63, 3.8) is 0 Å². The van der Waals surface area contributed by atoms with Crippen LogP contribution in [0.3, 0.4) is 0 Å². The van der Waals surface area contributed by atoms with E-state index < -0.39 is 0 Å². The second-order valence-corrected chi connectivity index (χ2v) is 5.55. The van der Waals surface area contributed by atoms with Crippen LogP contribution in [0.15, 0.2) is 34.2 Å². The Kier molecular flexibility index (Phi) is 4.27. The minimum Gasteiger partial charge on any atom is -0.313 e. The van der Waals surface area contributed by atoms with Crippen LogP contribution in [0.4, 0.5) is 4.39 Å². The van der Waals surface area contributed by atoms with Gasteiger partial charge in [0.2, 0.25) is 0 Å². The van der Waals surface area contributed by atoms with E-state index in [1.165, 1.54) is 17.8 Å². The highest BCUT2D eigenvalue weighted by molar-refractivity contribution is 7.99. The molecule has 1 N–H and O–H groups in total. The number of hydrogen-bond acceptors (Lipinski definition) is 3. The van der Waals surface area contributed by atoms with E-state index in [0.717, 1.165) is 16.3 Å². The fourth-order valence-electron chi connectivity index (χ4n) is 1.92. The lowest BCUT2D eigenvalue weighted by Crippen LogP contribution is -2.13. The molecule has 0 saturated carbocycles. The van der Waals surface area contributed by atoms with Gasteiger partial charge in [-0.3, -0.25) is 4.68 Å². The fraction of sp³-hybridized carbons (Fsp3) is 0.357.